The molecule has 0 aliphatic carbocycles. The topological polar surface area (TPSA) is 41.6 Å². The summed E-state index contributed by atoms with van der Waals surface area (Å²) < 4.78 is 0. The van der Waals surface area contributed by atoms with E-state index in [-0.39, 0.29) is 0 Å². The fraction of sp³-hybridized carbons (Fsp3) is 0.400. The van der Waals surface area contributed by atoms with E-state index < -0.39 is 0 Å². The van der Waals surface area contributed by atoms with E-state index in [1.165, 1.54) is 12.8 Å². The summed E-state index contributed by atoms with van der Waals surface area (Å²) in [5, 5.41) is 8.00. The summed E-state index contributed by atoms with van der Waals surface area (Å²) in [4.78, 5) is 4.35. The van der Waals surface area contributed by atoms with E-state index in [1.54, 1.807) is 0 Å². The van der Waals surface area contributed by atoms with Gasteiger partial charge in [-0.25, -0.2) is 0 Å². The summed E-state index contributed by atoms with van der Waals surface area (Å²) in [6, 6.07) is 2.11. The first-order chi connectivity index (χ1) is 6.40. The van der Waals surface area contributed by atoms with Crippen molar-refractivity contribution in [1.82, 2.24) is 15.2 Å². The number of nitrogens with zero attached hydrogens (tertiary/aromatic N) is 2. The number of aromatic amines is 1. The van der Waals surface area contributed by atoms with Gasteiger partial charge in [0.1, 0.15) is 0 Å². The van der Waals surface area contributed by atoms with E-state index in [0.717, 1.165) is 23.0 Å². The van der Waals surface area contributed by atoms with Crippen molar-refractivity contribution in [3.05, 3.63) is 24.2 Å². The van der Waals surface area contributed by atoms with Gasteiger partial charge in [0.2, 0.25) is 0 Å². The Labute approximate surface area is 77.2 Å². The molecule has 2 aromatic rings. The molecular formula is C10H13N3. The van der Waals surface area contributed by atoms with Crippen LogP contribution in [0.5, 0.6) is 0 Å². The van der Waals surface area contributed by atoms with Crippen molar-refractivity contribution in [2.45, 2.75) is 26.2 Å². The lowest BCUT2D eigenvalue weighted by atomic mass is 10.1. The minimum Gasteiger partial charge on any atom is -0.276 e. The molecule has 1 N–H and O–H groups in total. The molecule has 0 amide bonds. The summed E-state index contributed by atoms with van der Waals surface area (Å²) in [6.07, 6.45) is 7.18. The van der Waals surface area contributed by atoms with E-state index in [0.29, 0.717) is 0 Å². The molecule has 13 heavy (non-hydrogen) atoms. The summed E-state index contributed by atoms with van der Waals surface area (Å²) in [6.45, 7) is 2.19. The summed E-state index contributed by atoms with van der Waals surface area (Å²) in [5.41, 5.74) is 2.18. The minimum atomic E-state index is 1.01. The molecule has 0 bridgehead atoms. The Balaban J connectivity index is 2.26. The van der Waals surface area contributed by atoms with Crippen molar-refractivity contribution in [1.29, 1.82) is 0 Å². The van der Waals surface area contributed by atoms with Crippen LogP contribution in [0, 0.1) is 0 Å². The normalized spacial score (nSPS) is 10.8. The van der Waals surface area contributed by atoms with Crippen LogP contribution in [0.15, 0.2) is 18.5 Å². The smallest absolute Gasteiger partial charge is 0.0833 e. The van der Waals surface area contributed by atoms with Gasteiger partial charge in [-0.3, -0.25) is 10.1 Å². The molecule has 0 saturated carbocycles. The van der Waals surface area contributed by atoms with Gasteiger partial charge in [0, 0.05) is 11.1 Å². The van der Waals surface area contributed by atoms with Gasteiger partial charge < -0.3 is 0 Å². The average Bonchev–Trinajstić information content (AvgIpc) is 2.61. The number of rotatable bonds is 3. The Morgan fingerprint density at radius 1 is 1.38 bits per heavy atom. The number of unbranched alkanes of at least 4 members (excludes halogenated alkanes) is 1. The standard InChI is InChI=1S/C10H13N3/c1-2-3-4-9-5-8-6-12-13-10(8)7-11-9/h5-7H,2-4H2,1H3,(H,12,13). The number of nitrogens with one attached hydrogen (secondary N) is 1. The molecule has 0 unspecified atom stereocenters. The molecule has 0 aliphatic heterocycles. The summed E-state index contributed by atoms with van der Waals surface area (Å²) >= 11 is 0. The van der Waals surface area contributed by atoms with Gasteiger partial charge in [0.05, 0.1) is 17.9 Å². The fourth-order valence-corrected chi connectivity index (χ4v) is 1.38. The van der Waals surface area contributed by atoms with Gasteiger partial charge in [-0.05, 0) is 18.9 Å². The van der Waals surface area contributed by atoms with Gasteiger partial charge in [-0.1, -0.05) is 13.3 Å². The molecule has 2 aromatic heterocycles. The number of H-pyrrole nitrogens is 1. The monoisotopic (exact) mass is 175 g/mol. The third-order valence-electron chi connectivity index (χ3n) is 2.17. The molecule has 2 rings (SSSR count). The van der Waals surface area contributed by atoms with E-state index >= 15 is 0 Å². The van der Waals surface area contributed by atoms with Gasteiger partial charge in [-0.15, -0.1) is 0 Å². The highest BCUT2D eigenvalue weighted by Gasteiger charge is 1.98. The number of aryl methyl sites for hydroxylation is 1. The zero-order valence-electron chi connectivity index (χ0n) is 7.75. The molecule has 3 heteroatoms. The maximum Gasteiger partial charge on any atom is 0.0833 e. The molecule has 0 spiro atoms. The number of fused-ring (bicyclic) bond motifs is 1. The van der Waals surface area contributed by atoms with Crippen LogP contribution in [0.3, 0.4) is 0 Å². The van der Waals surface area contributed by atoms with Crippen LogP contribution in [-0.2, 0) is 6.42 Å². The molecule has 0 radical (unpaired) electrons. The average molecular weight is 175 g/mol. The van der Waals surface area contributed by atoms with Gasteiger partial charge in [-0.2, -0.15) is 5.10 Å². The predicted molar refractivity (Wildman–Crippen MR) is 52.5 cm³/mol. The minimum absolute atomic E-state index is 1.01. The van der Waals surface area contributed by atoms with Crippen LogP contribution < -0.4 is 0 Å². The number of hydrogen-bond donors (Lipinski definition) is 1. The molecule has 68 valence electrons. The van der Waals surface area contributed by atoms with Gasteiger partial charge in [0.25, 0.3) is 0 Å². The van der Waals surface area contributed by atoms with Crippen molar-refractivity contribution >= 4 is 10.9 Å². The third-order valence-corrected chi connectivity index (χ3v) is 2.17. The maximum atomic E-state index is 4.35. The van der Waals surface area contributed by atoms with Crippen molar-refractivity contribution in [2.24, 2.45) is 0 Å². The van der Waals surface area contributed by atoms with E-state index in [1.807, 2.05) is 12.4 Å². The predicted octanol–water partition coefficient (Wildman–Crippen LogP) is 2.30. The Morgan fingerprint density at radius 2 is 2.31 bits per heavy atom. The largest absolute Gasteiger partial charge is 0.276 e. The fourth-order valence-electron chi connectivity index (χ4n) is 1.38. The SMILES string of the molecule is CCCCc1cc2cn[nH]c2cn1. The van der Waals surface area contributed by atoms with Crippen LogP contribution in [0.4, 0.5) is 0 Å². The summed E-state index contributed by atoms with van der Waals surface area (Å²) in [5.74, 6) is 0. The van der Waals surface area contributed by atoms with Crippen LogP contribution >= 0.6 is 0 Å². The lowest BCUT2D eigenvalue weighted by molar-refractivity contribution is 0.778. The zero-order valence-corrected chi connectivity index (χ0v) is 7.75. The number of pyridine rings is 1. The van der Waals surface area contributed by atoms with Gasteiger partial charge in [0.15, 0.2) is 0 Å². The van der Waals surface area contributed by atoms with Crippen LogP contribution in [0.25, 0.3) is 10.9 Å². The lowest BCUT2D eigenvalue weighted by Gasteiger charge is -1.97. The molecule has 0 saturated heterocycles. The Morgan fingerprint density at radius 3 is 3.15 bits per heavy atom. The second kappa shape index (κ2) is 3.56. The molecular weight excluding hydrogens is 162 g/mol. The van der Waals surface area contributed by atoms with Crippen molar-refractivity contribution in [2.75, 3.05) is 0 Å². The zero-order chi connectivity index (χ0) is 9.10. The first kappa shape index (κ1) is 8.23. The second-order valence-corrected chi connectivity index (χ2v) is 3.24. The number of hydrogen-bond acceptors (Lipinski definition) is 2. The highest BCUT2D eigenvalue weighted by Crippen LogP contribution is 2.11. The van der Waals surface area contributed by atoms with Gasteiger partial charge >= 0.3 is 0 Å². The first-order valence-corrected chi connectivity index (χ1v) is 4.68. The third kappa shape index (κ3) is 1.69. The molecule has 0 fully saturated rings. The van der Waals surface area contributed by atoms with Crippen LogP contribution in [0.1, 0.15) is 25.5 Å². The Kier molecular flexibility index (Phi) is 2.25. The first-order valence-electron chi connectivity index (χ1n) is 4.68. The van der Waals surface area contributed by atoms with Crippen molar-refractivity contribution < 1.29 is 0 Å². The molecule has 0 atom stereocenters. The van der Waals surface area contributed by atoms with E-state index in [2.05, 4.69) is 28.2 Å². The van der Waals surface area contributed by atoms with Crippen LogP contribution in [0.2, 0.25) is 0 Å². The molecule has 0 aromatic carbocycles. The second-order valence-electron chi connectivity index (χ2n) is 3.24. The number of aromatic nitrogens is 3. The Hall–Kier alpha value is -1.38. The molecule has 3 nitrogen and oxygen atoms in total. The molecule has 0 aliphatic rings. The van der Waals surface area contributed by atoms with Crippen LogP contribution in [-0.4, -0.2) is 15.2 Å². The lowest BCUT2D eigenvalue weighted by Crippen LogP contribution is -1.88. The highest BCUT2D eigenvalue weighted by molar-refractivity contribution is 5.76. The molecule has 2 heterocycles. The summed E-state index contributed by atoms with van der Waals surface area (Å²) in [7, 11) is 0. The van der Waals surface area contributed by atoms with E-state index in [4.69, 9.17) is 0 Å². The Bertz CT molecular complexity index is 392. The van der Waals surface area contributed by atoms with Crippen molar-refractivity contribution in [3.8, 4) is 0 Å². The quantitative estimate of drug-likeness (QED) is 0.777. The van der Waals surface area contributed by atoms with Crippen molar-refractivity contribution in [3.63, 3.8) is 0 Å². The highest BCUT2D eigenvalue weighted by atomic mass is 15.1. The maximum absolute atomic E-state index is 4.35. The van der Waals surface area contributed by atoms with E-state index in [9.17, 15) is 0 Å².